The molecule has 0 aromatic heterocycles. The molecular weight excluding hydrogens is 254 g/mol. The Morgan fingerprint density at radius 1 is 1.35 bits per heavy atom. The first kappa shape index (κ1) is 13.7. The van der Waals surface area contributed by atoms with Gasteiger partial charge in [0.15, 0.2) is 0 Å². The van der Waals surface area contributed by atoms with Crippen LogP contribution in [0.3, 0.4) is 0 Å². The molecule has 2 aliphatic rings. The van der Waals surface area contributed by atoms with Crippen LogP contribution in [0.2, 0.25) is 0 Å². The van der Waals surface area contributed by atoms with E-state index in [9.17, 15) is 5.11 Å². The predicted octanol–water partition coefficient (Wildman–Crippen LogP) is 1.75. The Morgan fingerprint density at radius 2 is 2.25 bits per heavy atom. The molecule has 0 saturated heterocycles. The van der Waals surface area contributed by atoms with Crippen molar-refractivity contribution < 1.29 is 14.6 Å². The van der Waals surface area contributed by atoms with Gasteiger partial charge in [-0.2, -0.15) is 0 Å². The van der Waals surface area contributed by atoms with Gasteiger partial charge in [0, 0.05) is 18.7 Å². The molecule has 0 spiro atoms. The highest BCUT2D eigenvalue weighted by molar-refractivity contribution is 5.42. The van der Waals surface area contributed by atoms with Gasteiger partial charge in [0.1, 0.15) is 18.1 Å². The van der Waals surface area contributed by atoms with Crippen LogP contribution in [0, 0.1) is 5.92 Å². The van der Waals surface area contributed by atoms with Crippen molar-refractivity contribution in [1.29, 1.82) is 0 Å². The van der Waals surface area contributed by atoms with Crippen molar-refractivity contribution in [3.8, 4) is 11.5 Å². The van der Waals surface area contributed by atoms with Gasteiger partial charge in [0.2, 0.25) is 0 Å². The van der Waals surface area contributed by atoms with Crippen LogP contribution in [0.25, 0.3) is 0 Å². The van der Waals surface area contributed by atoms with Gasteiger partial charge >= 0.3 is 0 Å². The molecular formula is C16H23NO3. The van der Waals surface area contributed by atoms with Crippen LogP contribution >= 0.6 is 0 Å². The number of benzene rings is 1. The molecule has 0 bridgehead atoms. The number of methoxy groups -OCH3 is 1. The summed E-state index contributed by atoms with van der Waals surface area (Å²) in [6, 6.07) is 6.87. The molecule has 0 amide bonds. The SMILES string of the molecule is COc1ccc2c(c1)CC(N[C@H]1CC[C@@H](CO)C1)CO2. The topological polar surface area (TPSA) is 50.7 Å². The summed E-state index contributed by atoms with van der Waals surface area (Å²) >= 11 is 0. The minimum Gasteiger partial charge on any atom is -0.497 e. The molecule has 1 saturated carbocycles. The fraction of sp³-hybridized carbons (Fsp3) is 0.625. The van der Waals surface area contributed by atoms with Crippen LogP contribution in [0.15, 0.2) is 18.2 Å². The standard InChI is InChI=1S/C16H23NO3/c1-19-15-4-5-16-12(8-15)7-14(10-20-16)17-13-3-2-11(6-13)9-18/h4-5,8,11,13-14,17-18H,2-3,6-7,9-10H2,1H3/t11-,13+,14?/m1/s1. The zero-order chi connectivity index (χ0) is 13.9. The highest BCUT2D eigenvalue weighted by Gasteiger charge is 2.28. The molecule has 1 aromatic rings. The Balaban J connectivity index is 1.60. The molecule has 1 aliphatic carbocycles. The van der Waals surface area contributed by atoms with Crippen molar-refractivity contribution in [2.24, 2.45) is 5.92 Å². The summed E-state index contributed by atoms with van der Waals surface area (Å²) in [5, 5.41) is 12.9. The third-order valence-corrected chi connectivity index (χ3v) is 4.44. The second-order valence-corrected chi connectivity index (χ2v) is 5.91. The van der Waals surface area contributed by atoms with Crippen molar-refractivity contribution in [1.82, 2.24) is 5.32 Å². The molecule has 4 nitrogen and oxygen atoms in total. The summed E-state index contributed by atoms with van der Waals surface area (Å²) in [5.74, 6) is 2.34. The molecule has 1 heterocycles. The van der Waals surface area contributed by atoms with Gasteiger partial charge < -0.3 is 19.9 Å². The van der Waals surface area contributed by atoms with Crippen LogP contribution in [0.5, 0.6) is 11.5 Å². The Bertz CT molecular complexity index is 463. The average molecular weight is 277 g/mol. The molecule has 0 radical (unpaired) electrons. The normalized spacial score (nSPS) is 28.8. The van der Waals surface area contributed by atoms with Gasteiger partial charge in [-0.1, -0.05) is 0 Å². The number of rotatable bonds is 4. The first-order chi connectivity index (χ1) is 9.78. The van der Waals surface area contributed by atoms with Crippen LogP contribution in [-0.4, -0.2) is 37.5 Å². The smallest absolute Gasteiger partial charge is 0.122 e. The van der Waals surface area contributed by atoms with Crippen LogP contribution in [0.1, 0.15) is 24.8 Å². The Hall–Kier alpha value is -1.26. The Labute approximate surface area is 120 Å². The molecule has 1 aromatic carbocycles. The second kappa shape index (κ2) is 6.02. The summed E-state index contributed by atoms with van der Waals surface area (Å²) in [7, 11) is 1.69. The lowest BCUT2D eigenvalue weighted by Crippen LogP contribution is -2.44. The van der Waals surface area contributed by atoms with Gasteiger partial charge in [-0.05, 0) is 55.4 Å². The van der Waals surface area contributed by atoms with Crippen molar-refractivity contribution in [3.05, 3.63) is 23.8 Å². The van der Waals surface area contributed by atoms with Gasteiger partial charge in [-0.3, -0.25) is 0 Å². The number of fused-ring (bicyclic) bond motifs is 1. The summed E-state index contributed by atoms with van der Waals surface area (Å²) in [4.78, 5) is 0. The van der Waals surface area contributed by atoms with Gasteiger partial charge in [-0.15, -0.1) is 0 Å². The van der Waals surface area contributed by atoms with E-state index in [1.807, 2.05) is 12.1 Å². The molecule has 1 unspecified atom stereocenters. The van der Waals surface area contributed by atoms with Crippen LogP contribution in [0.4, 0.5) is 0 Å². The third kappa shape index (κ3) is 2.91. The average Bonchev–Trinajstić information content (AvgIpc) is 2.94. The lowest BCUT2D eigenvalue weighted by Gasteiger charge is -2.29. The quantitative estimate of drug-likeness (QED) is 0.880. The van der Waals surface area contributed by atoms with Crippen molar-refractivity contribution in [3.63, 3.8) is 0 Å². The highest BCUT2D eigenvalue weighted by Crippen LogP contribution is 2.30. The van der Waals surface area contributed by atoms with E-state index in [1.165, 1.54) is 5.56 Å². The van der Waals surface area contributed by atoms with Gasteiger partial charge in [-0.25, -0.2) is 0 Å². The molecule has 2 N–H and O–H groups in total. The number of ether oxygens (including phenoxy) is 2. The zero-order valence-electron chi connectivity index (χ0n) is 12.0. The first-order valence-electron chi connectivity index (χ1n) is 7.45. The number of nitrogens with one attached hydrogen (secondary N) is 1. The Morgan fingerprint density at radius 3 is 3.00 bits per heavy atom. The van der Waals surface area contributed by atoms with E-state index in [2.05, 4.69) is 11.4 Å². The molecule has 110 valence electrons. The molecule has 4 heteroatoms. The van der Waals surface area contributed by atoms with Crippen molar-refractivity contribution in [2.75, 3.05) is 20.3 Å². The molecule has 3 rings (SSSR count). The van der Waals surface area contributed by atoms with E-state index in [0.29, 0.717) is 24.6 Å². The third-order valence-electron chi connectivity index (χ3n) is 4.44. The van der Waals surface area contributed by atoms with Crippen LogP contribution < -0.4 is 14.8 Å². The van der Waals surface area contributed by atoms with E-state index in [4.69, 9.17) is 9.47 Å². The summed E-state index contributed by atoms with van der Waals surface area (Å²) < 4.78 is 11.1. The number of hydrogen-bond acceptors (Lipinski definition) is 4. The fourth-order valence-electron chi connectivity index (χ4n) is 3.33. The molecule has 20 heavy (non-hydrogen) atoms. The van der Waals surface area contributed by atoms with Gasteiger partial charge in [0.05, 0.1) is 7.11 Å². The van der Waals surface area contributed by atoms with Crippen molar-refractivity contribution in [2.45, 2.75) is 37.8 Å². The number of hydrogen-bond donors (Lipinski definition) is 2. The van der Waals surface area contributed by atoms with E-state index in [-0.39, 0.29) is 0 Å². The maximum absolute atomic E-state index is 9.21. The van der Waals surface area contributed by atoms with E-state index < -0.39 is 0 Å². The highest BCUT2D eigenvalue weighted by atomic mass is 16.5. The maximum Gasteiger partial charge on any atom is 0.122 e. The van der Waals surface area contributed by atoms with Gasteiger partial charge in [0.25, 0.3) is 0 Å². The molecule has 3 atom stereocenters. The second-order valence-electron chi connectivity index (χ2n) is 5.91. The van der Waals surface area contributed by atoms with E-state index in [1.54, 1.807) is 7.11 Å². The lowest BCUT2D eigenvalue weighted by molar-refractivity contribution is 0.214. The van der Waals surface area contributed by atoms with Crippen molar-refractivity contribution >= 4 is 0 Å². The fourth-order valence-corrected chi connectivity index (χ4v) is 3.33. The maximum atomic E-state index is 9.21. The van der Waals surface area contributed by atoms with E-state index in [0.717, 1.165) is 43.8 Å². The summed E-state index contributed by atoms with van der Waals surface area (Å²) in [5.41, 5.74) is 1.21. The lowest BCUT2D eigenvalue weighted by atomic mass is 10.0. The minimum atomic E-state index is 0.319. The van der Waals surface area contributed by atoms with E-state index >= 15 is 0 Å². The predicted molar refractivity (Wildman–Crippen MR) is 77.3 cm³/mol. The minimum absolute atomic E-state index is 0.319. The summed E-state index contributed by atoms with van der Waals surface area (Å²) in [6.07, 6.45) is 4.35. The number of aliphatic hydroxyl groups is 1. The molecule has 1 aliphatic heterocycles. The van der Waals surface area contributed by atoms with Crippen LogP contribution in [-0.2, 0) is 6.42 Å². The zero-order valence-corrected chi connectivity index (χ0v) is 12.0. The largest absolute Gasteiger partial charge is 0.497 e. The first-order valence-corrected chi connectivity index (χ1v) is 7.45. The number of aliphatic hydroxyl groups excluding tert-OH is 1. The monoisotopic (exact) mass is 277 g/mol. The summed E-state index contributed by atoms with van der Waals surface area (Å²) in [6.45, 7) is 1.04. The Kier molecular flexibility index (Phi) is 4.13. The molecule has 1 fully saturated rings.